The second-order valence-corrected chi connectivity index (χ2v) is 6.81. The van der Waals surface area contributed by atoms with Crippen molar-refractivity contribution in [2.24, 2.45) is 0 Å². The molecule has 10 heteroatoms. The molecule has 0 saturated carbocycles. The molecule has 0 saturated heterocycles. The number of hydrogen-bond donors (Lipinski definition) is 1. The molecule has 1 N–H and O–H groups in total. The van der Waals surface area contributed by atoms with E-state index in [9.17, 15) is 8.42 Å². The van der Waals surface area contributed by atoms with Crippen molar-refractivity contribution in [3.8, 4) is 5.69 Å². The van der Waals surface area contributed by atoms with Crippen LogP contribution in [0, 0.1) is 6.92 Å². The molecule has 0 unspecified atom stereocenters. The van der Waals surface area contributed by atoms with Crippen molar-refractivity contribution in [1.29, 1.82) is 0 Å². The Morgan fingerprint density at radius 3 is 2.62 bits per heavy atom. The average molecular weight is 347 g/mol. The predicted octanol–water partition coefficient (Wildman–Crippen LogP) is 0.666. The summed E-state index contributed by atoms with van der Waals surface area (Å²) in [6.07, 6.45) is 6.47. The molecule has 126 valence electrons. The van der Waals surface area contributed by atoms with Crippen LogP contribution in [0.25, 0.3) is 5.69 Å². The number of sulfonamides is 1. The maximum absolute atomic E-state index is 12.3. The Morgan fingerprint density at radius 1 is 1.21 bits per heavy atom. The fraction of sp³-hybridized carbons (Fsp3) is 0.286. The lowest BCUT2D eigenvalue weighted by Crippen LogP contribution is -2.23. The summed E-state index contributed by atoms with van der Waals surface area (Å²) in [7, 11) is -3.69. The molecule has 24 heavy (non-hydrogen) atoms. The van der Waals surface area contributed by atoms with E-state index < -0.39 is 10.0 Å². The third-order valence-electron chi connectivity index (χ3n) is 3.48. The topological polar surface area (TPSA) is 108 Å². The summed E-state index contributed by atoms with van der Waals surface area (Å²) in [5, 5.41) is 7.95. The molecule has 3 aromatic rings. The number of pyridine rings is 1. The normalized spacial score (nSPS) is 11.8. The minimum absolute atomic E-state index is 0.00313. The van der Waals surface area contributed by atoms with E-state index in [1.165, 1.54) is 6.20 Å². The average Bonchev–Trinajstić information content (AvgIpc) is 3.21. The van der Waals surface area contributed by atoms with Gasteiger partial charge in [0.1, 0.15) is 5.82 Å². The smallest absolute Gasteiger partial charge is 0.259 e. The highest BCUT2D eigenvalue weighted by Crippen LogP contribution is 2.10. The Kier molecular flexibility index (Phi) is 4.40. The molecule has 0 atom stereocenters. The van der Waals surface area contributed by atoms with Crippen LogP contribution >= 0.6 is 0 Å². The summed E-state index contributed by atoms with van der Waals surface area (Å²) in [6.45, 7) is 4.39. The Morgan fingerprint density at radius 2 is 1.96 bits per heavy atom. The fourth-order valence-corrected chi connectivity index (χ4v) is 3.18. The zero-order valence-electron chi connectivity index (χ0n) is 13.3. The minimum atomic E-state index is -3.69. The molecule has 0 bridgehead atoms. The molecule has 9 nitrogen and oxygen atoms in total. The van der Waals surface area contributed by atoms with Crippen molar-refractivity contribution in [3.05, 3.63) is 48.4 Å². The SMILES string of the molecule is CCn1cc(S(=O)(=O)NCc2cn(-c3ccncc3)nn2)nc1C. The Balaban J connectivity index is 1.72. The van der Waals surface area contributed by atoms with Crippen molar-refractivity contribution in [1.82, 2.24) is 34.3 Å². The van der Waals surface area contributed by atoms with E-state index in [0.29, 0.717) is 18.1 Å². The van der Waals surface area contributed by atoms with Gasteiger partial charge in [-0.1, -0.05) is 5.21 Å². The standard InChI is InChI=1S/C14H17N7O2S/c1-3-20-10-14(17-11(20)2)24(22,23)16-8-12-9-21(19-18-12)13-4-6-15-7-5-13/h4-7,9-10,16H,3,8H2,1-2H3. The molecule has 3 aromatic heterocycles. The van der Waals surface area contributed by atoms with Crippen LogP contribution < -0.4 is 4.72 Å². The molecule has 0 fully saturated rings. The molecule has 0 aliphatic rings. The summed E-state index contributed by atoms with van der Waals surface area (Å²) in [6, 6.07) is 3.56. The number of nitrogens with one attached hydrogen (secondary N) is 1. The molecule has 3 heterocycles. The van der Waals surface area contributed by atoms with Gasteiger partial charge in [0.25, 0.3) is 10.0 Å². The van der Waals surface area contributed by atoms with Gasteiger partial charge < -0.3 is 4.57 Å². The summed E-state index contributed by atoms with van der Waals surface area (Å²) >= 11 is 0. The minimum Gasteiger partial charge on any atom is -0.334 e. The van der Waals surface area contributed by atoms with Gasteiger partial charge in [-0.25, -0.2) is 22.8 Å². The van der Waals surface area contributed by atoms with Crippen molar-refractivity contribution >= 4 is 10.0 Å². The van der Waals surface area contributed by atoms with Crippen LogP contribution in [0.3, 0.4) is 0 Å². The Labute approximate surface area is 139 Å². The van der Waals surface area contributed by atoms with Crippen LogP contribution in [0.1, 0.15) is 18.4 Å². The molecule has 0 spiro atoms. The maximum atomic E-state index is 12.3. The van der Waals surface area contributed by atoms with E-state index in [-0.39, 0.29) is 11.6 Å². The van der Waals surface area contributed by atoms with Crippen LogP contribution in [0.4, 0.5) is 0 Å². The highest BCUT2D eigenvalue weighted by Gasteiger charge is 2.19. The predicted molar refractivity (Wildman–Crippen MR) is 85.8 cm³/mol. The lowest BCUT2D eigenvalue weighted by Gasteiger charge is -2.01. The fourth-order valence-electron chi connectivity index (χ4n) is 2.17. The van der Waals surface area contributed by atoms with Crippen molar-refractivity contribution in [3.63, 3.8) is 0 Å². The van der Waals surface area contributed by atoms with Gasteiger partial charge in [0.05, 0.1) is 24.1 Å². The second kappa shape index (κ2) is 6.49. The largest absolute Gasteiger partial charge is 0.334 e. The summed E-state index contributed by atoms with van der Waals surface area (Å²) in [5.41, 5.74) is 1.30. The quantitative estimate of drug-likeness (QED) is 0.702. The number of nitrogens with zero attached hydrogens (tertiary/aromatic N) is 6. The number of aryl methyl sites for hydroxylation is 2. The monoisotopic (exact) mass is 347 g/mol. The van der Waals surface area contributed by atoms with Crippen molar-refractivity contribution in [2.75, 3.05) is 0 Å². The third-order valence-corrected chi connectivity index (χ3v) is 4.75. The van der Waals surface area contributed by atoms with E-state index in [1.807, 2.05) is 6.92 Å². The number of rotatable bonds is 6. The van der Waals surface area contributed by atoms with Gasteiger partial charge in [0, 0.05) is 25.1 Å². The van der Waals surface area contributed by atoms with Gasteiger partial charge in [0.2, 0.25) is 0 Å². The van der Waals surface area contributed by atoms with Gasteiger partial charge >= 0.3 is 0 Å². The van der Waals surface area contributed by atoms with E-state index in [1.54, 1.807) is 46.9 Å². The Hall–Kier alpha value is -2.59. The molecule has 0 aliphatic carbocycles. The second-order valence-electron chi connectivity index (χ2n) is 5.10. The molecule has 3 rings (SSSR count). The number of aromatic nitrogens is 6. The summed E-state index contributed by atoms with van der Waals surface area (Å²) in [4.78, 5) is 8.02. The third kappa shape index (κ3) is 3.34. The molecular formula is C14H17N7O2S. The van der Waals surface area contributed by atoms with Gasteiger partial charge in [-0.2, -0.15) is 0 Å². The van der Waals surface area contributed by atoms with E-state index >= 15 is 0 Å². The first kappa shape index (κ1) is 16.3. The van der Waals surface area contributed by atoms with E-state index in [0.717, 1.165) is 5.69 Å². The summed E-state index contributed by atoms with van der Waals surface area (Å²) < 4.78 is 30.4. The Bertz CT molecular complexity index is 931. The first-order valence-electron chi connectivity index (χ1n) is 7.34. The highest BCUT2D eigenvalue weighted by molar-refractivity contribution is 7.89. The van der Waals surface area contributed by atoms with Crippen LogP contribution in [0.2, 0.25) is 0 Å². The maximum Gasteiger partial charge on any atom is 0.259 e. The highest BCUT2D eigenvalue weighted by atomic mass is 32.2. The van der Waals surface area contributed by atoms with Gasteiger partial charge in [-0.05, 0) is 26.0 Å². The molecule has 0 amide bonds. The molecule has 0 aromatic carbocycles. The van der Waals surface area contributed by atoms with Gasteiger partial charge in [-0.15, -0.1) is 5.10 Å². The van der Waals surface area contributed by atoms with Gasteiger partial charge in [-0.3, -0.25) is 4.98 Å². The van der Waals surface area contributed by atoms with Crippen molar-refractivity contribution in [2.45, 2.75) is 32.0 Å². The molecule has 0 aliphatic heterocycles. The van der Waals surface area contributed by atoms with E-state index in [2.05, 4.69) is 25.0 Å². The van der Waals surface area contributed by atoms with Gasteiger partial charge in [0.15, 0.2) is 5.03 Å². The van der Waals surface area contributed by atoms with Crippen LogP contribution in [-0.2, 0) is 23.1 Å². The molecular weight excluding hydrogens is 330 g/mol. The van der Waals surface area contributed by atoms with E-state index in [4.69, 9.17) is 0 Å². The zero-order valence-corrected chi connectivity index (χ0v) is 14.1. The lowest BCUT2D eigenvalue weighted by molar-refractivity contribution is 0.576. The molecule has 0 radical (unpaired) electrons. The van der Waals surface area contributed by atoms with Crippen LogP contribution in [-0.4, -0.2) is 37.9 Å². The number of hydrogen-bond acceptors (Lipinski definition) is 6. The summed E-state index contributed by atoms with van der Waals surface area (Å²) in [5.74, 6) is 0.654. The van der Waals surface area contributed by atoms with Crippen LogP contribution in [0.15, 0.2) is 41.9 Å². The first-order valence-corrected chi connectivity index (χ1v) is 8.83. The first-order chi connectivity index (χ1) is 11.5. The van der Waals surface area contributed by atoms with Crippen molar-refractivity contribution < 1.29 is 8.42 Å². The van der Waals surface area contributed by atoms with Crippen LogP contribution in [0.5, 0.6) is 0 Å². The lowest BCUT2D eigenvalue weighted by atomic mass is 10.4. The zero-order chi connectivity index (χ0) is 17.2. The number of imidazole rings is 1.